The molecule has 0 amide bonds. The molecule has 0 spiro atoms. The summed E-state index contributed by atoms with van der Waals surface area (Å²) in [6, 6.07) is 11.2. The lowest BCUT2D eigenvalue weighted by atomic mass is 10.0. The normalized spacial score (nSPS) is 10.7. The highest BCUT2D eigenvalue weighted by Gasteiger charge is 2.14. The Morgan fingerprint density at radius 2 is 1.95 bits per heavy atom. The molecule has 0 unspecified atom stereocenters. The van der Waals surface area contributed by atoms with Crippen molar-refractivity contribution in [3.05, 3.63) is 64.3 Å². The molecule has 22 heavy (non-hydrogen) atoms. The minimum absolute atomic E-state index is 0.129. The van der Waals surface area contributed by atoms with Crippen molar-refractivity contribution in [2.45, 2.75) is 13.8 Å². The van der Waals surface area contributed by atoms with Crippen molar-refractivity contribution in [1.29, 1.82) is 0 Å². The molecule has 0 saturated heterocycles. The Morgan fingerprint density at radius 3 is 2.59 bits per heavy atom. The molecule has 0 aliphatic rings. The second kappa shape index (κ2) is 5.52. The van der Waals surface area contributed by atoms with E-state index in [-0.39, 0.29) is 5.56 Å². The lowest BCUT2D eigenvalue weighted by Gasteiger charge is -2.12. The second-order valence-electron chi connectivity index (χ2n) is 5.13. The maximum atomic E-state index is 12.1. The van der Waals surface area contributed by atoms with Gasteiger partial charge in [0.05, 0.1) is 18.5 Å². The third kappa shape index (κ3) is 2.41. The Kier molecular flexibility index (Phi) is 3.55. The van der Waals surface area contributed by atoms with E-state index in [1.807, 2.05) is 48.9 Å². The molecule has 0 radical (unpaired) electrons. The van der Waals surface area contributed by atoms with E-state index in [0.29, 0.717) is 5.56 Å². The number of aromatic amines is 1. The van der Waals surface area contributed by atoms with Crippen molar-refractivity contribution in [3.8, 4) is 22.6 Å². The summed E-state index contributed by atoms with van der Waals surface area (Å²) in [7, 11) is 1.62. The fraction of sp³-hybridized carbons (Fsp3) is 0.176. The number of benzene rings is 1. The van der Waals surface area contributed by atoms with Crippen molar-refractivity contribution < 1.29 is 4.74 Å². The average molecular weight is 295 g/mol. The van der Waals surface area contributed by atoms with Gasteiger partial charge in [-0.2, -0.15) is 5.10 Å². The van der Waals surface area contributed by atoms with Crippen LogP contribution < -0.4 is 10.3 Å². The summed E-state index contributed by atoms with van der Waals surface area (Å²) in [6.45, 7) is 3.93. The van der Waals surface area contributed by atoms with E-state index in [9.17, 15) is 4.79 Å². The molecule has 112 valence electrons. The van der Waals surface area contributed by atoms with Gasteiger partial charge in [-0.05, 0) is 44.2 Å². The number of nitrogens with zero attached hydrogens (tertiary/aromatic N) is 2. The fourth-order valence-corrected chi connectivity index (χ4v) is 2.55. The van der Waals surface area contributed by atoms with Crippen LogP contribution in [0.1, 0.15) is 11.4 Å². The molecular formula is C17H17N3O2. The van der Waals surface area contributed by atoms with Gasteiger partial charge in [-0.25, -0.2) is 4.68 Å². The largest absolute Gasteiger partial charge is 0.497 e. The Bertz CT molecular complexity index is 878. The lowest BCUT2D eigenvalue weighted by Crippen LogP contribution is -2.10. The predicted molar refractivity (Wildman–Crippen MR) is 85.6 cm³/mol. The van der Waals surface area contributed by atoms with Crippen LogP contribution >= 0.6 is 0 Å². The number of methoxy groups -OCH3 is 1. The Balaban J connectivity index is 2.30. The molecule has 2 aromatic heterocycles. The first-order chi connectivity index (χ1) is 10.6. The summed E-state index contributed by atoms with van der Waals surface area (Å²) < 4.78 is 7.15. The van der Waals surface area contributed by atoms with E-state index in [0.717, 1.165) is 28.4 Å². The number of aryl methyl sites for hydroxylation is 2. The molecule has 0 saturated carbocycles. The van der Waals surface area contributed by atoms with Crippen LogP contribution in [0.2, 0.25) is 0 Å². The van der Waals surface area contributed by atoms with Crippen molar-refractivity contribution >= 4 is 0 Å². The number of hydrogen-bond donors (Lipinski definition) is 1. The van der Waals surface area contributed by atoms with Crippen LogP contribution in [0.25, 0.3) is 16.8 Å². The third-order valence-corrected chi connectivity index (χ3v) is 3.55. The van der Waals surface area contributed by atoms with Gasteiger partial charge < -0.3 is 9.72 Å². The molecule has 0 aliphatic carbocycles. The number of H-pyrrole nitrogens is 1. The number of rotatable bonds is 3. The molecule has 2 heterocycles. The molecule has 0 aliphatic heterocycles. The molecule has 3 aromatic rings. The quantitative estimate of drug-likeness (QED) is 0.808. The summed E-state index contributed by atoms with van der Waals surface area (Å²) in [4.78, 5) is 14.8. The van der Waals surface area contributed by atoms with Gasteiger partial charge in [0.1, 0.15) is 5.75 Å². The molecule has 3 rings (SSSR count). The van der Waals surface area contributed by atoms with Gasteiger partial charge in [0, 0.05) is 29.1 Å². The fourth-order valence-electron chi connectivity index (χ4n) is 2.55. The average Bonchev–Trinajstić information content (AvgIpc) is 2.86. The minimum Gasteiger partial charge on any atom is -0.497 e. The third-order valence-electron chi connectivity index (χ3n) is 3.55. The van der Waals surface area contributed by atoms with Crippen LogP contribution in [0.5, 0.6) is 5.75 Å². The second-order valence-corrected chi connectivity index (χ2v) is 5.13. The Morgan fingerprint density at radius 1 is 1.14 bits per heavy atom. The van der Waals surface area contributed by atoms with Gasteiger partial charge in [-0.15, -0.1) is 0 Å². The van der Waals surface area contributed by atoms with E-state index < -0.39 is 0 Å². The smallest absolute Gasteiger partial charge is 0.255 e. The van der Waals surface area contributed by atoms with Crippen LogP contribution in [0.3, 0.4) is 0 Å². The van der Waals surface area contributed by atoms with Crippen molar-refractivity contribution in [2.75, 3.05) is 7.11 Å². The van der Waals surface area contributed by atoms with E-state index in [1.165, 1.54) is 0 Å². The van der Waals surface area contributed by atoms with Gasteiger partial charge in [0.25, 0.3) is 5.56 Å². The van der Waals surface area contributed by atoms with Gasteiger partial charge in [0.15, 0.2) is 0 Å². The highest BCUT2D eigenvalue weighted by atomic mass is 16.5. The maximum absolute atomic E-state index is 12.1. The minimum atomic E-state index is -0.129. The topological polar surface area (TPSA) is 59.9 Å². The van der Waals surface area contributed by atoms with Crippen LogP contribution in [0.15, 0.2) is 47.4 Å². The van der Waals surface area contributed by atoms with E-state index in [2.05, 4.69) is 10.1 Å². The van der Waals surface area contributed by atoms with Crippen LogP contribution in [-0.4, -0.2) is 21.9 Å². The first-order valence-electron chi connectivity index (χ1n) is 7.00. The molecule has 5 heteroatoms. The highest BCUT2D eigenvalue weighted by Crippen LogP contribution is 2.29. The Labute approximate surface area is 128 Å². The number of aromatic nitrogens is 3. The van der Waals surface area contributed by atoms with Gasteiger partial charge >= 0.3 is 0 Å². The Hall–Kier alpha value is -2.82. The SMILES string of the molecule is COc1ccc(-c2ccc[nH]c2=O)c(-n2nc(C)cc2C)c1. The number of ether oxygens (including phenoxy) is 1. The standard InChI is InChI=1S/C17H17N3O2/c1-11-9-12(2)20(19-11)16-10-13(22-3)6-7-14(16)15-5-4-8-18-17(15)21/h4-10H,1-3H3,(H,18,21). The zero-order valence-electron chi connectivity index (χ0n) is 12.8. The number of hydrogen-bond acceptors (Lipinski definition) is 3. The molecule has 0 atom stereocenters. The predicted octanol–water partition coefficient (Wildman–Crippen LogP) is 2.85. The maximum Gasteiger partial charge on any atom is 0.255 e. The van der Waals surface area contributed by atoms with Crippen molar-refractivity contribution in [1.82, 2.24) is 14.8 Å². The van der Waals surface area contributed by atoms with Gasteiger partial charge in [-0.3, -0.25) is 4.79 Å². The lowest BCUT2D eigenvalue weighted by molar-refractivity contribution is 0.414. The van der Waals surface area contributed by atoms with Crippen LogP contribution in [-0.2, 0) is 0 Å². The van der Waals surface area contributed by atoms with Crippen LogP contribution in [0.4, 0.5) is 0 Å². The molecule has 0 fully saturated rings. The van der Waals surface area contributed by atoms with E-state index in [1.54, 1.807) is 19.4 Å². The number of pyridine rings is 1. The first kappa shape index (κ1) is 14.1. The molecular weight excluding hydrogens is 278 g/mol. The summed E-state index contributed by atoms with van der Waals surface area (Å²) >= 11 is 0. The highest BCUT2D eigenvalue weighted by molar-refractivity contribution is 5.73. The summed E-state index contributed by atoms with van der Waals surface area (Å²) in [5.74, 6) is 0.721. The summed E-state index contributed by atoms with van der Waals surface area (Å²) in [6.07, 6.45) is 1.62. The molecule has 1 aromatic carbocycles. The molecule has 1 N–H and O–H groups in total. The first-order valence-corrected chi connectivity index (χ1v) is 7.00. The van der Waals surface area contributed by atoms with Crippen LogP contribution in [0, 0.1) is 13.8 Å². The van der Waals surface area contributed by atoms with Gasteiger partial charge in [0.2, 0.25) is 0 Å². The number of nitrogens with one attached hydrogen (secondary N) is 1. The van der Waals surface area contributed by atoms with Crippen molar-refractivity contribution in [2.24, 2.45) is 0 Å². The van der Waals surface area contributed by atoms with E-state index >= 15 is 0 Å². The van der Waals surface area contributed by atoms with Crippen molar-refractivity contribution in [3.63, 3.8) is 0 Å². The zero-order chi connectivity index (χ0) is 15.7. The monoisotopic (exact) mass is 295 g/mol. The van der Waals surface area contributed by atoms with E-state index in [4.69, 9.17) is 4.74 Å². The summed E-state index contributed by atoms with van der Waals surface area (Å²) in [5, 5.41) is 4.52. The van der Waals surface area contributed by atoms with Gasteiger partial charge in [-0.1, -0.05) is 0 Å². The molecule has 5 nitrogen and oxygen atoms in total. The summed E-state index contributed by atoms with van der Waals surface area (Å²) in [5.41, 5.74) is 4.03. The molecule has 0 bridgehead atoms. The zero-order valence-corrected chi connectivity index (χ0v) is 12.8.